The molecule has 0 radical (unpaired) electrons. The first-order valence-electron chi connectivity index (χ1n) is 21.4. The molecule has 0 heterocycles. The fraction of sp³-hybridized carbons (Fsp3) is 0.881. The molecule has 0 fully saturated rings. The van der Waals surface area contributed by atoms with Gasteiger partial charge in [0.2, 0.25) is 0 Å². The third-order valence-corrected chi connectivity index (χ3v) is 10.2. The molecule has 52 heavy (non-hydrogen) atoms. The van der Waals surface area contributed by atoms with Gasteiger partial charge in [-0.05, 0) is 64.2 Å². The quantitative estimate of drug-likeness (QED) is 0.0315. The van der Waals surface area contributed by atoms with Crippen LogP contribution in [0.15, 0.2) is 24.3 Å². The van der Waals surface area contributed by atoms with E-state index in [4.69, 9.17) is 29.4 Å². The minimum atomic E-state index is -4.48. The Labute approximate surface area is 319 Å². The normalized spacial score (nSPS) is 14.4. The zero-order chi connectivity index (χ0) is 38.2. The highest BCUT2D eigenvalue weighted by Crippen LogP contribution is 2.43. The van der Waals surface area contributed by atoms with Gasteiger partial charge in [0, 0.05) is 13.2 Å². The lowest BCUT2D eigenvalue weighted by atomic mass is 10.1. The van der Waals surface area contributed by atoms with Crippen LogP contribution in [0.3, 0.4) is 0 Å². The molecule has 308 valence electrons. The Balaban J connectivity index is 4.13. The van der Waals surface area contributed by atoms with E-state index in [9.17, 15) is 14.3 Å². The number of rotatable bonds is 42. The highest BCUT2D eigenvalue weighted by atomic mass is 31.2. The first-order valence-corrected chi connectivity index (χ1v) is 22.9. The summed E-state index contributed by atoms with van der Waals surface area (Å²) in [7, 11) is -4.48. The molecule has 0 bridgehead atoms. The maximum Gasteiger partial charge on any atom is 0.472 e. The van der Waals surface area contributed by atoms with Crippen LogP contribution in [0.1, 0.15) is 194 Å². The predicted molar refractivity (Wildman–Crippen MR) is 217 cm³/mol. The Morgan fingerprint density at radius 3 is 1.35 bits per heavy atom. The number of carboxylic acids is 1. The van der Waals surface area contributed by atoms with Crippen LogP contribution in [0.25, 0.3) is 0 Å². The Hall–Kier alpha value is -1.06. The molecule has 3 atom stereocenters. The highest BCUT2D eigenvalue weighted by Gasteiger charge is 2.26. The van der Waals surface area contributed by atoms with E-state index in [1.807, 2.05) is 0 Å². The van der Waals surface area contributed by atoms with Crippen LogP contribution in [0.4, 0.5) is 0 Å². The number of phosphoric ester groups is 1. The van der Waals surface area contributed by atoms with Crippen molar-refractivity contribution in [1.29, 1.82) is 0 Å². The highest BCUT2D eigenvalue weighted by molar-refractivity contribution is 7.47. The predicted octanol–water partition coefficient (Wildman–Crippen LogP) is 12.0. The zero-order valence-corrected chi connectivity index (χ0v) is 34.6. The molecule has 0 aliphatic rings. The largest absolute Gasteiger partial charge is 0.480 e. The number of hydrogen-bond donors (Lipinski definition) is 3. The van der Waals surface area contributed by atoms with Gasteiger partial charge in [0.1, 0.15) is 12.1 Å². The topological polar surface area (TPSA) is 138 Å². The van der Waals surface area contributed by atoms with Crippen LogP contribution in [0.5, 0.6) is 0 Å². The minimum absolute atomic E-state index is 0.199. The summed E-state index contributed by atoms with van der Waals surface area (Å²) in [6, 6.07) is -1.41. The van der Waals surface area contributed by atoms with Crippen LogP contribution in [-0.4, -0.2) is 61.1 Å². The van der Waals surface area contributed by atoms with Gasteiger partial charge in [-0.25, -0.2) is 4.57 Å². The number of allylic oxidation sites excluding steroid dienone is 4. The smallest absolute Gasteiger partial charge is 0.472 e. The second-order valence-electron chi connectivity index (χ2n) is 14.4. The Morgan fingerprint density at radius 1 is 0.558 bits per heavy atom. The molecule has 0 rings (SSSR count). The van der Waals surface area contributed by atoms with Crippen molar-refractivity contribution in [3.63, 3.8) is 0 Å². The molecule has 0 aromatic rings. The number of carbonyl (C=O) groups is 1. The van der Waals surface area contributed by atoms with E-state index in [1.54, 1.807) is 0 Å². The van der Waals surface area contributed by atoms with Gasteiger partial charge in [-0.15, -0.1) is 0 Å². The summed E-state index contributed by atoms with van der Waals surface area (Å²) >= 11 is 0. The number of nitrogens with two attached hydrogens (primary N) is 1. The third-order valence-electron chi connectivity index (χ3n) is 9.27. The first-order chi connectivity index (χ1) is 25.3. The van der Waals surface area contributed by atoms with E-state index in [0.29, 0.717) is 13.2 Å². The van der Waals surface area contributed by atoms with E-state index >= 15 is 0 Å². The molecular formula is C42H82NO8P. The number of ether oxygens (including phenoxy) is 2. The number of aliphatic carboxylic acids is 1. The molecule has 1 unspecified atom stereocenters. The second kappa shape index (κ2) is 39.6. The van der Waals surface area contributed by atoms with Crippen molar-refractivity contribution in [1.82, 2.24) is 0 Å². The SMILES string of the molecule is CCCCCCCC/C=C\CCCCCCCCOC[C@H](COP(=O)(O)OC[C@H](N)C(=O)O)OCCCCCCCC/C=C\CCCCCCCC. The second-order valence-corrected chi connectivity index (χ2v) is 15.9. The van der Waals surface area contributed by atoms with Crippen LogP contribution in [-0.2, 0) is 27.9 Å². The van der Waals surface area contributed by atoms with Crippen LogP contribution >= 0.6 is 7.82 Å². The van der Waals surface area contributed by atoms with Crippen LogP contribution in [0.2, 0.25) is 0 Å². The molecule has 0 saturated heterocycles. The number of unbranched alkanes of at least 4 members (excludes halogenated alkanes) is 24. The summed E-state index contributed by atoms with van der Waals surface area (Å²) in [6.07, 6.45) is 43.7. The average molecular weight is 760 g/mol. The molecule has 0 aliphatic heterocycles. The number of phosphoric acid groups is 1. The van der Waals surface area contributed by atoms with Gasteiger partial charge in [0.05, 0.1) is 19.8 Å². The van der Waals surface area contributed by atoms with E-state index in [0.717, 1.165) is 32.1 Å². The van der Waals surface area contributed by atoms with Gasteiger partial charge in [0.15, 0.2) is 0 Å². The first kappa shape index (κ1) is 50.9. The van der Waals surface area contributed by atoms with Crippen molar-refractivity contribution < 1.29 is 37.9 Å². The molecule has 0 amide bonds. The lowest BCUT2D eigenvalue weighted by Crippen LogP contribution is -2.34. The molecule has 0 aromatic heterocycles. The maximum atomic E-state index is 12.3. The summed E-state index contributed by atoms with van der Waals surface area (Å²) in [4.78, 5) is 20.9. The summed E-state index contributed by atoms with van der Waals surface area (Å²) in [6.45, 7) is 5.03. The lowest BCUT2D eigenvalue weighted by Gasteiger charge is -2.20. The maximum absolute atomic E-state index is 12.3. The van der Waals surface area contributed by atoms with Crippen molar-refractivity contribution >= 4 is 13.8 Å². The van der Waals surface area contributed by atoms with Crippen molar-refractivity contribution in [3.05, 3.63) is 24.3 Å². The van der Waals surface area contributed by atoms with Gasteiger partial charge in [-0.3, -0.25) is 13.8 Å². The summed E-state index contributed by atoms with van der Waals surface area (Å²) < 4.78 is 34.0. The van der Waals surface area contributed by atoms with Crippen molar-refractivity contribution in [2.24, 2.45) is 5.73 Å². The molecular weight excluding hydrogens is 677 g/mol. The molecule has 0 aliphatic carbocycles. The third kappa shape index (κ3) is 38.7. The fourth-order valence-corrected chi connectivity index (χ4v) is 6.65. The Kier molecular flexibility index (Phi) is 38.8. The van der Waals surface area contributed by atoms with E-state index in [2.05, 4.69) is 38.2 Å². The van der Waals surface area contributed by atoms with Crippen molar-refractivity contribution in [2.45, 2.75) is 206 Å². The Bertz CT molecular complexity index is 871. The molecule has 9 nitrogen and oxygen atoms in total. The monoisotopic (exact) mass is 760 g/mol. The average Bonchev–Trinajstić information content (AvgIpc) is 3.13. The summed E-state index contributed by atoms with van der Waals surface area (Å²) in [5.74, 6) is -1.32. The molecule has 0 spiro atoms. The summed E-state index contributed by atoms with van der Waals surface area (Å²) in [5, 5.41) is 8.89. The fourth-order valence-electron chi connectivity index (χ4n) is 5.87. The molecule has 4 N–H and O–H groups in total. The van der Waals surface area contributed by atoms with Gasteiger partial charge in [0.25, 0.3) is 0 Å². The van der Waals surface area contributed by atoms with E-state index in [1.165, 1.54) is 148 Å². The zero-order valence-electron chi connectivity index (χ0n) is 33.7. The lowest BCUT2D eigenvalue weighted by molar-refractivity contribution is -0.139. The molecule has 0 aromatic carbocycles. The van der Waals surface area contributed by atoms with Gasteiger partial charge in [-0.2, -0.15) is 0 Å². The standard InChI is InChI=1S/C42H82NO8P/c1-3-5-7-9-11-13-15-17-19-21-23-25-27-29-31-33-35-48-37-40(38-50-52(46,47)51-39-41(43)42(44)45)49-36-34-32-30-28-26-24-22-20-18-16-14-12-10-8-6-4-2/h17-20,40-41H,3-16,21-39,43H2,1-2H3,(H,44,45)(H,46,47)/b19-17-,20-18-/t40-,41+/m1/s1. The molecule has 10 heteroatoms. The number of hydrogen-bond acceptors (Lipinski definition) is 7. The van der Waals surface area contributed by atoms with E-state index in [-0.39, 0.29) is 13.2 Å². The van der Waals surface area contributed by atoms with Crippen molar-refractivity contribution in [2.75, 3.05) is 33.0 Å². The summed E-state index contributed by atoms with van der Waals surface area (Å²) in [5.41, 5.74) is 5.38. The Morgan fingerprint density at radius 2 is 0.923 bits per heavy atom. The minimum Gasteiger partial charge on any atom is -0.480 e. The number of carboxylic acid groups (broad SMARTS) is 1. The van der Waals surface area contributed by atoms with Crippen molar-refractivity contribution in [3.8, 4) is 0 Å². The van der Waals surface area contributed by atoms with Crippen LogP contribution in [0, 0.1) is 0 Å². The van der Waals surface area contributed by atoms with Gasteiger partial charge < -0.3 is 25.2 Å². The van der Waals surface area contributed by atoms with Gasteiger partial charge in [-0.1, -0.05) is 154 Å². The van der Waals surface area contributed by atoms with Crippen LogP contribution < -0.4 is 5.73 Å². The van der Waals surface area contributed by atoms with Gasteiger partial charge >= 0.3 is 13.8 Å². The van der Waals surface area contributed by atoms with E-state index < -0.39 is 32.5 Å². The molecule has 0 saturated carbocycles.